The molecule has 19 heavy (non-hydrogen) atoms. The van der Waals surface area contributed by atoms with E-state index >= 15 is 0 Å². The molecule has 0 atom stereocenters. The van der Waals surface area contributed by atoms with E-state index in [1.165, 1.54) is 11.8 Å². The minimum atomic E-state index is 0.0810. The molecule has 0 unspecified atom stereocenters. The first-order valence-corrected chi connectivity index (χ1v) is 7.58. The molecule has 1 aliphatic carbocycles. The molecule has 5 heteroatoms. The van der Waals surface area contributed by atoms with Crippen LogP contribution in [0.15, 0.2) is 34.9 Å². The average molecular weight is 297 g/mol. The highest BCUT2D eigenvalue weighted by Crippen LogP contribution is 2.32. The van der Waals surface area contributed by atoms with Gasteiger partial charge in [0.15, 0.2) is 0 Å². The predicted molar refractivity (Wildman–Crippen MR) is 81.3 cm³/mol. The standard InChI is InChI=1S/C14H17ClN2OS/c1-17(10-5-2-3-6-10)13(18)9-19-14-11(15)7-4-8-12(14)16/h4-5,7-8H,2-3,6,9,16H2,1H3. The van der Waals surface area contributed by atoms with Gasteiger partial charge in [-0.15, -0.1) is 11.8 Å². The highest BCUT2D eigenvalue weighted by Gasteiger charge is 2.17. The van der Waals surface area contributed by atoms with E-state index in [0.717, 1.165) is 29.9 Å². The molecule has 102 valence electrons. The number of thioether (sulfide) groups is 1. The highest BCUT2D eigenvalue weighted by atomic mass is 35.5. The predicted octanol–water partition coefficient (Wildman–Crippen LogP) is 3.54. The Balaban J connectivity index is 1.96. The normalized spacial score (nSPS) is 14.3. The van der Waals surface area contributed by atoms with Gasteiger partial charge < -0.3 is 10.6 Å². The molecule has 0 bridgehead atoms. The number of hydrogen-bond acceptors (Lipinski definition) is 3. The van der Waals surface area contributed by atoms with Gasteiger partial charge >= 0.3 is 0 Å². The van der Waals surface area contributed by atoms with Gasteiger partial charge in [-0.25, -0.2) is 0 Å². The van der Waals surface area contributed by atoms with Crippen molar-refractivity contribution in [2.75, 3.05) is 18.5 Å². The van der Waals surface area contributed by atoms with Crippen molar-refractivity contribution in [3.8, 4) is 0 Å². The Hall–Kier alpha value is -1.13. The second-order valence-corrected chi connectivity index (χ2v) is 5.88. The lowest BCUT2D eigenvalue weighted by atomic mass is 10.3. The molecule has 0 fully saturated rings. The fourth-order valence-corrected chi connectivity index (χ4v) is 3.27. The first-order chi connectivity index (χ1) is 9.09. The number of carbonyl (C=O) groups is 1. The van der Waals surface area contributed by atoms with E-state index in [4.69, 9.17) is 17.3 Å². The van der Waals surface area contributed by atoms with Crippen LogP contribution in [0.2, 0.25) is 5.02 Å². The van der Waals surface area contributed by atoms with E-state index in [1.807, 2.05) is 7.05 Å². The Kier molecular flexibility index (Phi) is 4.77. The van der Waals surface area contributed by atoms with Gasteiger partial charge in [-0.2, -0.15) is 0 Å². The van der Waals surface area contributed by atoms with Crippen LogP contribution in [0.4, 0.5) is 5.69 Å². The third-order valence-corrected chi connectivity index (χ3v) is 4.72. The summed E-state index contributed by atoms with van der Waals surface area (Å²) in [5, 5.41) is 0.598. The maximum atomic E-state index is 12.1. The zero-order chi connectivity index (χ0) is 13.8. The largest absolute Gasteiger partial charge is 0.398 e. The number of rotatable bonds is 4. The molecule has 1 aliphatic rings. The fraction of sp³-hybridized carbons (Fsp3) is 0.357. The maximum Gasteiger partial charge on any atom is 0.236 e. The number of nitrogens with two attached hydrogens (primary N) is 1. The summed E-state index contributed by atoms with van der Waals surface area (Å²) in [6, 6.07) is 5.38. The topological polar surface area (TPSA) is 46.3 Å². The van der Waals surface area contributed by atoms with Crippen molar-refractivity contribution < 1.29 is 4.79 Å². The molecule has 3 nitrogen and oxygen atoms in total. The Morgan fingerprint density at radius 3 is 2.95 bits per heavy atom. The molecule has 2 N–H and O–H groups in total. The number of nitrogen functional groups attached to an aromatic ring is 1. The van der Waals surface area contributed by atoms with Gasteiger partial charge in [-0.05, 0) is 31.4 Å². The zero-order valence-corrected chi connectivity index (χ0v) is 12.4. The molecule has 0 aromatic heterocycles. The van der Waals surface area contributed by atoms with Crippen LogP contribution in [-0.4, -0.2) is 23.6 Å². The number of allylic oxidation sites excluding steroid dienone is 2. The van der Waals surface area contributed by atoms with Gasteiger partial charge in [-0.1, -0.05) is 23.7 Å². The van der Waals surface area contributed by atoms with E-state index in [9.17, 15) is 4.79 Å². The van der Waals surface area contributed by atoms with E-state index in [-0.39, 0.29) is 5.91 Å². The van der Waals surface area contributed by atoms with E-state index in [2.05, 4.69) is 6.08 Å². The van der Waals surface area contributed by atoms with Crippen molar-refractivity contribution in [1.82, 2.24) is 4.90 Å². The van der Waals surface area contributed by atoms with E-state index in [0.29, 0.717) is 16.5 Å². The van der Waals surface area contributed by atoms with Crippen molar-refractivity contribution >= 4 is 35.0 Å². The van der Waals surface area contributed by atoms with Crippen molar-refractivity contribution in [1.29, 1.82) is 0 Å². The van der Waals surface area contributed by atoms with Gasteiger partial charge in [0.2, 0.25) is 5.91 Å². The molecule has 0 radical (unpaired) electrons. The van der Waals surface area contributed by atoms with Crippen molar-refractivity contribution in [3.63, 3.8) is 0 Å². The molecule has 1 amide bonds. The van der Waals surface area contributed by atoms with Gasteiger partial charge in [0.05, 0.1) is 10.8 Å². The van der Waals surface area contributed by atoms with Crippen LogP contribution in [0.1, 0.15) is 19.3 Å². The van der Waals surface area contributed by atoms with Crippen LogP contribution in [0.5, 0.6) is 0 Å². The Morgan fingerprint density at radius 1 is 1.53 bits per heavy atom. The molecule has 1 aromatic carbocycles. The summed E-state index contributed by atoms with van der Waals surface area (Å²) in [5.41, 5.74) is 7.61. The second kappa shape index (κ2) is 6.35. The Morgan fingerprint density at radius 2 is 2.32 bits per heavy atom. The van der Waals surface area contributed by atoms with Crippen molar-refractivity contribution in [2.24, 2.45) is 0 Å². The molecule has 1 aromatic rings. The third-order valence-electron chi connectivity index (χ3n) is 3.16. The van der Waals surface area contributed by atoms with Crippen LogP contribution >= 0.6 is 23.4 Å². The smallest absolute Gasteiger partial charge is 0.236 e. The number of anilines is 1. The summed E-state index contributed by atoms with van der Waals surface area (Å²) in [6.07, 6.45) is 5.32. The fourth-order valence-electron chi connectivity index (χ4n) is 2.03. The lowest BCUT2D eigenvalue weighted by Gasteiger charge is -2.18. The third kappa shape index (κ3) is 3.45. The minimum absolute atomic E-state index is 0.0810. The molecule has 2 rings (SSSR count). The number of benzene rings is 1. The van der Waals surface area contributed by atoms with Gasteiger partial charge in [0.1, 0.15) is 0 Å². The van der Waals surface area contributed by atoms with Crippen LogP contribution in [-0.2, 0) is 4.79 Å². The Bertz CT molecular complexity index is 496. The highest BCUT2D eigenvalue weighted by molar-refractivity contribution is 8.00. The van der Waals surface area contributed by atoms with Crippen molar-refractivity contribution in [3.05, 3.63) is 35.0 Å². The van der Waals surface area contributed by atoms with Crippen LogP contribution in [0.25, 0.3) is 0 Å². The summed E-state index contributed by atoms with van der Waals surface area (Å²) in [6.45, 7) is 0. The first-order valence-electron chi connectivity index (χ1n) is 6.22. The van der Waals surface area contributed by atoms with E-state index < -0.39 is 0 Å². The molecular weight excluding hydrogens is 280 g/mol. The summed E-state index contributed by atoms with van der Waals surface area (Å²) in [4.78, 5) is 14.6. The number of nitrogens with zero attached hydrogens (tertiary/aromatic N) is 1. The van der Waals surface area contributed by atoms with Crippen LogP contribution in [0.3, 0.4) is 0 Å². The zero-order valence-electron chi connectivity index (χ0n) is 10.9. The monoisotopic (exact) mass is 296 g/mol. The van der Waals surface area contributed by atoms with Gasteiger partial charge in [0, 0.05) is 23.3 Å². The van der Waals surface area contributed by atoms with Gasteiger partial charge in [-0.3, -0.25) is 4.79 Å². The quantitative estimate of drug-likeness (QED) is 0.683. The maximum absolute atomic E-state index is 12.1. The SMILES string of the molecule is CN(C(=O)CSc1c(N)cccc1Cl)C1=CCCC1. The lowest BCUT2D eigenvalue weighted by molar-refractivity contribution is -0.125. The number of hydrogen-bond donors (Lipinski definition) is 1. The Labute approximate surface area is 122 Å². The van der Waals surface area contributed by atoms with Crippen molar-refractivity contribution in [2.45, 2.75) is 24.2 Å². The molecule has 0 spiro atoms. The van der Waals surface area contributed by atoms with Crippen LogP contribution in [0, 0.1) is 0 Å². The molecule has 0 heterocycles. The number of halogens is 1. The van der Waals surface area contributed by atoms with E-state index in [1.54, 1.807) is 23.1 Å². The molecule has 0 saturated heterocycles. The molecule has 0 saturated carbocycles. The minimum Gasteiger partial charge on any atom is -0.398 e. The second-order valence-electron chi connectivity index (χ2n) is 4.49. The lowest BCUT2D eigenvalue weighted by Crippen LogP contribution is -2.27. The van der Waals surface area contributed by atoms with Gasteiger partial charge in [0.25, 0.3) is 0 Å². The first kappa shape index (κ1) is 14.3. The average Bonchev–Trinajstić information content (AvgIpc) is 2.90. The van der Waals surface area contributed by atoms with Crippen LogP contribution < -0.4 is 5.73 Å². The summed E-state index contributed by atoms with van der Waals surface area (Å²) >= 11 is 7.48. The number of carbonyl (C=O) groups excluding carboxylic acids is 1. The molecule has 0 aliphatic heterocycles. The summed E-state index contributed by atoms with van der Waals surface area (Å²) < 4.78 is 0. The summed E-state index contributed by atoms with van der Waals surface area (Å²) in [5.74, 6) is 0.430. The number of amides is 1. The summed E-state index contributed by atoms with van der Waals surface area (Å²) in [7, 11) is 1.83. The molecular formula is C14H17ClN2OS.